The zero-order valence-corrected chi connectivity index (χ0v) is 12.5. The van der Waals surface area contributed by atoms with E-state index in [9.17, 15) is 13.6 Å². The average molecular weight is 307 g/mol. The van der Waals surface area contributed by atoms with Crippen LogP contribution >= 0.6 is 0 Å². The Labute approximate surface area is 129 Å². The molecule has 0 atom stereocenters. The van der Waals surface area contributed by atoms with E-state index in [1.807, 2.05) is 6.92 Å². The van der Waals surface area contributed by atoms with E-state index in [4.69, 9.17) is 11.2 Å². The molecule has 1 aliphatic carbocycles. The molecule has 22 heavy (non-hydrogen) atoms. The van der Waals surface area contributed by atoms with Crippen LogP contribution in [0.4, 0.5) is 8.78 Å². The second-order valence-corrected chi connectivity index (χ2v) is 5.84. The zero-order valence-electron chi connectivity index (χ0n) is 12.5. The fraction of sp³-hybridized carbons (Fsp3) is 0.471. The fourth-order valence-electron chi connectivity index (χ4n) is 2.75. The minimum absolute atomic E-state index is 0.0603. The summed E-state index contributed by atoms with van der Waals surface area (Å²) in [6.07, 6.45) is 9.95. The Hall–Kier alpha value is -2.09. The van der Waals surface area contributed by atoms with Gasteiger partial charge in [-0.1, -0.05) is 25.2 Å². The third-order valence-electron chi connectivity index (χ3n) is 3.93. The molecule has 0 spiro atoms. The molecular weight excluding hydrogens is 288 g/mol. The standard InChI is InChI=1S/C17H19F2NO2/c1-3-9-22-15-13(18)10-12(11-14(15)19)16(21)20-17(2)7-5-4-6-8-17/h1,10-11H,4-9H2,2H3,(H,20,21). The van der Waals surface area contributed by atoms with Gasteiger partial charge in [0, 0.05) is 11.1 Å². The van der Waals surface area contributed by atoms with E-state index < -0.39 is 23.3 Å². The number of carbonyl (C=O) groups is 1. The van der Waals surface area contributed by atoms with Crippen molar-refractivity contribution in [3.05, 3.63) is 29.3 Å². The number of hydrogen-bond acceptors (Lipinski definition) is 2. The van der Waals surface area contributed by atoms with Gasteiger partial charge >= 0.3 is 0 Å². The lowest BCUT2D eigenvalue weighted by Gasteiger charge is -2.34. The monoisotopic (exact) mass is 307 g/mol. The molecule has 1 aromatic rings. The van der Waals surface area contributed by atoms with E-state index in [0.29, 0.717) is 0 Å². The maximum Gasteiger partial charge on any atom is 0.251 e. The molecule has 0 aliphatic heterocycles. The van der Waals surface area contributed by atoms with Crippen molar-refractivity contribution in [3.8, 4) is 18.1 Å². The summed E-state index contributed by atoms with van der Waals surface area (Å²) >= 11 is 0. The highest BCUT2D eigenvalue weighted by atomic mass is 19.1. The van der Waals surface area contributed by atoms with E-state index in [-0.39, 0.29) is 17.7 Å². The smallest absolute Gasteiger partial charge is 0.251 e. The Morgan fingerprint density at radius 1 is 1.32 bits per heavy atom. The first-order chi connectivity index (χ1) is 10.4. The van der Waals surface area contributed by atoms with Crippen molar-refractivity contribution in [3.63, 3.8) is 0 Å². The fourth-order valence-corrected chi connectivity index (χ4v) is 2.75. The van der Waals surface area contributed by atoms with Gasteiger partial charge in [0.2, 0.25) is 0 Å². The van der Waals surface area contributed by atoms with Gasteiger partial charge in [0.15, 0.2) is 17.4 Å². The van der Waals surface area contributed by atoms with Crippen molar-refractivity contribution < 1.29 is 18.3 Å². The highest BCUT2D eigenvalue weighted by molar-refractivity contribution is 5.94. The molecule has 1 aromatic carbocycles. The van der Waals surface area contributed by atoms with Crippen LogP contribution in [0.5, 0.6) is 5.75 Å². The van der Waals surface area contributed by atoms with Gasteiger partial charge in [-0.05, 0) is 31.9 Å². The first-order valence-corrected chi connectivity index (χ1v) is 7.33. The lowest BCUT2D eigenvalue weighted by atomic mass is 9.83. The molecule has 0 bridgehead atoms. The van der Waals surface area contributed by atoms with Crippen LogP contribution in [0, 0.1) is 24.0 Å². The van der Waals surface area contributed by atoms with Crippen molar-refractivity contribution in [1.82, 2.24) is 5.32 Å². The van der Waals surface area contributed by atoms with Gasteiger partial charge in [0.25, 0.3) is 5.91 Å². The van der Waals surface area contributed by atoms with Crippen LogP contribution in [-0.4, -0.2) is 18.1 Å². The number of carbonyl (C=O) groups excluding carboxylic acids is 1. The Kier molecular flexibility index (Phi) is 5.02. The van der Waals surface area contributed by atoms with Crippen molar-refractivity contribution in [2.75, 3.05) is 6.61 Å². The summed E-state index contributed by atoms with van der Waals surface area (Å²) in [6.45, 7) is 1.72. The normalized spacial score (nSPS) is 16.6. The van der Waals surface area contributed by atoms with Crippen molar-refractivity contribution in [2.24, 2.45) is 0 Å². The second-order valence-electron chi connectivity index (χ2n) is 5.84. The largest absolute Gasteiger partial charge is 0.475 e. The highest BCUT2D eigenvalue weighted by Crippen LogP contribution is 2.28. The van der Waals surface area contributed by atoms with E-state index in [0.717, 1.165) is 44.2 Å². The minimum atomic E-state index is -0.936. The van der Waals surface area contributed by atoms with E-state index >= 15 is 0 Å². The predicted octanol–water partition coefficient (Wildman–Crippen LogP) is 3.43. The summed E-state index contributed by atoms with van der Waals surface area (Å²) in [4.78, 5) is 12.2. The summed E-state index contributed by atoms with van der Waals surface area (Å²) in [7, 11) is 0. The maximum absolute atomic E-state index is 13.9. The summed E-state index contributed by atoms with van der Waals surface area (Å²) in [5, 5.41) is 2.88. The molecule has 1 aliphatic rings. The second kappa shape index (κ2) is 6.78. The third kappa shape index (κ3) is 3.76. The summed E-state index contributed by atoms with van der Waals surface area (Å²) in [5.74, 6) is -0.777. The van der Waals surface area contributed by atoms with Crippen LogP contribution in [0.1, 0.15) is 49.4 Å². The summed E-state index contributed by atoms with van der Waals surface area (Å²) < 4.78 is 32.5. The topological polar surface area (TPSA) is 38.3 Å². The molecule has 2 rings (SSSR count). The number of rotatable bonds is 4. The summed E-state index contributed by atoms with van der Waals surface area (Å²) in [5.41, 5.74) is -0.379. The predicted molar refractivity (Wildman–Crippen MR) is 79.6 cm³/mol. The third-order valence-corrected chi connectivity index (χ3v) is 3.93. The Bertz CT molecular complexity index is 578. The lowest BCUT2D eigenvalue weighted by Crippen LogP contribution is -2.47. The number of hydrogen-bond donors (Lipinski definition) is 1. The number of terminal acetylenes is 1. The van der Waals surface area contributed by atoms with Crippen LogP contribution < -0.4 is 10.1 Å². The Morgan fingerprint density at radius 3 is 2.45 bits per heavy atom. The van der Waals surface area contributed by atoms with Crippen molar-refractivity contribution in [1.29, 1.82) is 0 Å². The minimum Gasteiger partial charge on any atom is -0.475 e. The van der Waals surface area contributed by atoms with Crippen LogP contribution in [0.3, 0.4) is 0 Å². The maximum atomic E-state index is 13.9. The van der Waals surface area contributed by atoms with Gasteiger partial charge in [-0.25, -0.2) is 8.78 Å². The number of ether oxygens (including phenoxy) is 1. The molecule has 118 valence electrons. The molecule has 1 fully saturated rings. The van der Waals surface area contributed by atoms with Gasteiger partial charge in [-0.2, -0.15) is 0 Å². The number of amides is 1. The van der Waals surface area contributed by atoms with Gasteiger partial charge < -0.3 is 10.1 Å². The first-order valence-electron chi connectivity index (χ1n) is 7.33. The van der Waals surface area contributed by atoms with Gasteiger partial charge in [0.05, 0.1) is 0 Å². The Balaban J connectivity index is 2.15. The molecule has 0 radical (unpaired) electrons. The van der Waals surface area contributed by atoms with E-state index in [2.05, 4.69) is 11.2 Å². The molecule has 1 saturated carbocycles. The molecule has 0 aromatic heterocycles. The molecule has 3 nitrogen and oxygen atoms in total. The zero-order chi connectivity index (χ0) is 16.2. The Morgan fingerprint density at radius 2 is 1.91 bits per heavy atom. The number of benzene rings is 1. The summed E-state index contributed by atoms with van der Waals surface area (Å²) in [6, 6.07) is 1.94. The highest BCUT2D eigenvalue weighted by Gasteiger charge is 2.29. The SMILES string of the molecule is C#CCOc1c(F)cc(C(=O)NC2(C)CCCCC2)cc1F. The van der Waals surface area contributed by atoms with Gasteiger partial charge in [0.1, 0.15) is 6.61 Å². The van der Waals surface area contributed by atoms with E-state index in [1.165, 1.54) is 0 Å². The lowest BCUT2D eigenvalue weighted by molar-refractivity contribution is 0.0881. The molecular formula is C17H19F2NO2. The molecule has 1 N–H and O–H groups in total. The van der Waals surface area contributed by atoms with Crippen LogP contribution in [0.2, 0.25) is 0 Å². The molecule has 1 amide bonds. The number of nitrogens with one attached hydrogen (secondary N) is 1. The van der Waals surface area contributed by atoms with Crippen LogP contribution in [-0.2, 0) is 0 Å². The molecule has 0 unspecified atom stereocenters. The van der Waals surface area contributed by atoms with Crippen LogP contribution in [0.25, 0.3) is 0 Å². The molecule has 0 saturated heterocycles. The van der Waals surface area contributed by atoms with Gasteiger partial charge in [-0.15, -0.1) is 6.42 Å². The average Bonchev–Trinajstić information content (AvgIpc) is 2.46. The van der Waals surface area contributed by atoms with Crippen LogP contribution in [0.15, 0.2) is 12.1 Å². The molecule has 5 heteroatoms. The van der Waals surface area contributed by atoms with Crippen molar-refractivity contribution >= 4 is 5.91 Å². The molecule has 0 heterocycles. The quantitative estimate of drug-likeness (QED) is 0.866. The first kappa shape index (κ1) is 16.3. The van der Waals surface area contributed by atoms with Crippen molar-refractivity contribution in [2.45, 2.75) is 44.6 Å². The number of halogens is 2. The van der Waals surface area contributed by atoms with E-state index in [1.54, 1.807) is 0 Å². The van der Waals surface area contributed by atoms with Gasteiger partial charge in [-0.3, -0.25) is 4.79 Å².